The number of hydroxylamine groups is 1. The van der Waals surface area contributed by atoms with Crippen molar-refractivity contribution in [3.8, 4) is 5.75 Å². The van der Waals surface area contributed by atoms with Crippen LogP contribution in [-0.4, -0.2) is 34.2 Å². The van der Waals surface area contributed by atoms with Crippen LogP contribution in [0.1, 0.15) is 15.9 Å². The Morgan fingerprint density at radius 1 is 1.12 bits per heavy atom. The van der Waals surface area contributed by atoms with E-state index in [1.165, 1.54) is 0 Å². The molecule has 7 heteroatoms. The number of nitrogens with zero attached hydrogens (tertiary/aromatic N) is 1. The molecule has 0 saturated carbocycles. The molecule has 6 nitrogen and oxygen atoms in total. The summed E-state index contributed by atoms with van der Waals surface area (Å²) in [6, 6.07) is 16.2. The highest BCUT2D eigenvalue weighted by Gasteiger charge is 2.09. The van der Waals surface area contributed by atoms with Gasteiger partial charge in [-0.3, -0.25) is 20.5 Å². The molecule has 2 aromatic carbocycles. The second-order valence-corrected chi connectivity index (χ2v) is 5.85. The first-order valence-electron chi connectivity index (χ1n) is 7.98. The van der Waals surface area contributed by atoms with Gasteiger partial charge < -0.3 is 10.1 Å². The maximum atomic E-state index is 12.4. The molecule has 0 atom stereocenters. The highest BCUT2D eigenvalue weighted by atomic mass is 32.1. The molecule has 1 heterocycles. The van der Waals surface area contributed by atoms with Gasteiger partial charge in [0.2, 0.25) is 0 Å². The lowest BCUT2D eigenvalue weighted by molar-refractivity contribution is 0.0948. The second-order valence-electron chi connectivity index (χ2n) is 5.45. The van der Waals surface area contributed by atoms with Crippen molar-refractivity contribution in [1.82, 2.24) is 15.8 Å². The molecule has 0 saturated heterocycles. The van der Waals surface area contributed by atoms with E-state index in [0.717, 1.165) is 10.9 Å². The first kappa shape index (κ1) is 17.8. The van der Waals surface area contributed by atoms with Gasteiger partial charge >= 0.3 is 0 Å². The van der Waals surface area contributed by atoms with E-state index in [0.29, 0.717) is 30.0 Å². The molecule has 132 valence electrons. The van der Waals surface area contributed by atoms with E-state index in [1.54, 1.807) is 36.5 Å². The summed E-state index contributed by atoms with van der Waals surface area (Å²) in [6.07, 6.45) is 1.63. The molecule has 0 aliphatic heterocycles. The number of fused-ring (bicyclic) bond motifs is 1. The second kappa shape index (κ2) is 8.37. The molecule has 0 unspecified atom stereocenters. The Morgan fingerprint density at radius 3 is 2.65 bits per heavy atom. The van der Waals surface area contributed by atoms with Crippen molar-refractivity contribution in [2.45, 2.75) is 0 Å². The maximum absolute atomic E-state index is 12.4. The van der Waals surface area contributed by atoms with Crippen LogP contribution in [0.25, 0.3) is 10.9 Å². The lowest BCUT2D eigenvalue weighted by atomic mass is 10.1. The summed E-state index contributed by atoms with van der Waals surface area (Å²) in [5.41, 5.74) is 3.99. The molecule has 3 N–H and O–H groups in total. The monoisotopic (exact) mass is 367 g/mol. The van der Waals surface area contributed by atoms with Gasteiger partial charge in [0.25, 0.3) is 5.91 Å². The van der Waals surface area contributed by atoms with Crippen LogP contribution >= 0.6 is 12.2 Å². The molecule has 26 heavy (non-hydrogen) atoms. The van der Waals surface area contributed by atoms with E-state index >= 15 is 0 Å². The number of thiocarbonyl (C=S) groups is 1. The molecule has 1 amide bonds. The predicted molar refractivity (Wildman–Crippen MR) is 103 cm³/mol. The SMILES string of the molecule is O=C(NCCOc1ccc(C(=S)NO)cc1)c1ccnc2ccccc12. The minimum Gasteiger partial charge on any atom is -0.492 e. The van der Waals surface area contributed by atoms with Crippen molar-refractivity contribution in [3.63, 3.8) is 0 Å². The van der Waals surface area contributed by atoms with Crippen LogP contribution in [0.4, 0.5) is 0 Å². The number of amides is 1. The summed E-state index contributed by atoms with van der Waals surface area (Å²) in [6.45, 7) is 0.699. The number of benzene rings is 2. The van der Waals surface area contributed by atoms with Gasteiger partial charge in [-0.1, -0.05) is 30.4 Å². The van der Waals surface area contributed by atoms with E-state index in [-0.39, 0.29) is 10.9 Å². The number of aromatic nitrogens is 1. The van der Waals surface area contributed by atoms with Gasteiger partial charge in [0.15, 0.2) is 0 Å². The first-order valence-corrected chi connectivity index (χ1v) is 8.39. The Balaban J connectivity index is 1.53. The molecule has 0 bridgehead atoms. The number of rotatable bonds is 6. The lowest BCUT2D eigenvalue weighted by Gasteiger charge is -2.10. The topological polar surface area (TPSA) is 83.5 Å². The fourth-order valence-electron chi connectivity index (χ4n) is 2.49. The number of carbonyl (C=O) groups is 1. The number of pyridine rings is 1. The third kappa shape index (κ3) is 4.14. The van der Waals surface area contributed by atoms with E-state index in [2.05, 4.69) is 10.3 Å². The Morgan fingerprint density at radius 2 is 1.88 bits per heavy atom. The van der Waals surface area contributed by atoms with Crippen molar-refractivity contribution in [1.29, 1.82) is 0 Å². The first-order chi connectivity index (χ1) is 12.7. The van der Waals surface area contributed by atoms with Crippen molar-refractivity contribution < 1.29 is 14.7 Å². The third-order valence-electron chi connectivity index (χ3n) is 3.77. The molecule has 1 aromatic heterocycles. The summed E-state index contributed by atoms with van der Waals surface area (Å²) < 4.78 is 5.59. The summed E-state index contributed by atoms with van der Waals surface area (Å²) in [5, 5.41) is 12.4. The van der Waals surface area contributed by atoms with Crippen LogP contribution in [0.3, 0.4) is 0 Å². The van der Waals surface area contributed by atoms with Crippen LogP contribution in [0.5, 0.6) is 5.75 Å². The van der Waals surface area contributed by atoms with Crippen molar-refractivity contribution in [2.24, 2.45) is 0 Å². The number of nitrogens with one attached hydrogen (secondary N) is 2. The van der Waals surface area contributed by atoms with E-state index in [1.807, 2.05) is 29.7 Å². The summed E-state index contributed by atoms with van der Waals surface area (Å²) in [5.74, 6) is 0.486. The third-order valence-corrected chi connectivity index (χ3v) is 4.10. The summed E-state index contributed by atoms with van der Waals surface area (Å²) in [4.78, 5) is 16.9. The minimum absolute atomic E-state index is 0.165. The Kier molecular flexibility index (Phi) is 5.73. The minimum atomic E-state index is -0.165. The van der Waals surface area contributed by atoms with Crippen molar-refractivity contribution >= 4 is 34.0 Å². The predicted octanol–water partition coefficient (Wildman–Crippen LogP) is 2.70. The molecule has 3 aromatic rings. The van der Waals surface area contributed by atoms with Gasteiger partial charge in [-0.15, -0.1) is 0 Å². The van der Waals surface area contributed by atoms with Crippen LogP contribution in [-0.2, 0) is 0 Å². The standard InChI is InChI=1S/C19H17N3O3S/c23-18(16-9-10-20-17-4-2-1-3-15(16)17)21-11-12-25-14-7-5-13(6-8-14)19(26)22-24/h1-10,24H,11-12H2,(H,21,23)(H,22,26). The number of hydrogen-bond acceptors (Lipinski definition) is 5. The molecular formula is C19H17N3O3S. The fraction of sp³-hybridized carbons (Fsp3) is 0.105. The molecule has 0 aliphatic rings. The quantitative estimate of drug-likeness (QED) is 0.353. The van der Waals surface area contributed by atoms with Crippen LogP contribution in [0.2, 0.25) is 0 Å². The molecule has 0 spiro atoms. The Bertz CT molecular complexity index is 923. The Hall–Kier alpha value is -3.03. The molecule has 0 fully saturated rings. The molecular weight excluding hydrogens is 350 g/mol. The average molecular weight is 367 g/mol. The van der Waals surface area contributed by atoms with E-state index in [4.69, 9.17) is 22.2 Å². The number of ether oxygens (including phenoxy) is 1. The smallest absolute Gasteiger partial charge is 0.252 e. The zero-order valence-electron chi connectivity index (χ0n) is 13.8. The molecule has 0 radical (unpaired) electrons. The number of carbonyl (C=O) groups excluding carboxylic acids is 1. The van der Waals surface area contributed by atoms with Gasteiger partial charge in [0, 0.05) is 17.1 Å². The van der Waals surface area contributed by atoms with Gasteiger partial charge in [0.1, 0.15) is 17.3 Å². The summed E-state index contributed by atoms with van der Waals surface area (Å²) >= 11 is 4.93. The maximum Gasteiger partial charge on any atom is 0.252 e. The van der Waals surface area contributed by atoms with Crippen LogP contribution in [0, 0.1) is 0 Å². The highest BCUT2D eigenvalue weighted by molar-refractivity contribution is 7.80. The zero-order chi connectivity index (χ0) is 18.4. The lowest BCUT2D eigenvalue weighted by Crippen LogP contribution is -2.28. The molecule has 3 rings (SSSR count). The van der Waals surface area contributed by atoms with E-state index in [9.17, 15) is 4.79 Å². The van der Waals surface area contributed by atoms with Crippen molar-refractivity contribution in [3.05, 3.63) is 71.9 Å². The normalized spacial score (nSPS) is 10.3. The average Bonchev–Trinajstić information content (AvgIpc) is 2.70. The van der Waals surface area contributed by atoms with E-state index < -0.39 is 0 Å². The Labute approximate surface area is 155 Å². The van der Waals surface area contributed by atoms with Gasteiger partial charge in [0.05, 0.1) is 17.6 Å². The van der Waals surface area contributed by atoms with Gasteiger partial charge in [-0.25, -0.2) is 0 Å². The van der Waals surface area contributed by atoms with Gasteiger partial charge in [-0.2, -0.15) is 0 Å². The molecule has 0 aliphatic carbocycles. The summed E-state index contributed by atoms with van der Waals surface area (Å²) in [7, 11) is 0. The zero-order valence-corrected chi connectivity index (χ0v) is 14.6. The van der Waals surface area contributed by atoms with Crippen LogP contribution < -0.4 is 15.5 Å². The van der Waals surface area contributed by atoms with Gasteiger partial charge in [-0.05, 0) is 36.4 Å². The number of para-hydroxylation sites is 1. The number of hydrogen-bond donors (Lipinski definition) is 3. The fourth-order valence-corrected chi connectivity index (χ4v) is 2.63. The van der Waals surface area contributed by atoms with Crippen molar-refractivity contribution in [2.75, 3.05) is 13.2 Å². The largest absolute Gasteiger partial charge is 0.492 e. The highest BCUT2D eigenvalue weighted by Crippen LogP contribution is 2.16. The van der Waals surface area contributed by atoms with Crippen LogP contribution in [0.15, 0.2) is 60.8 Å².